The van der Waals surface area contributed by atoms with Gasteiger partial charge in [0.25, 0.3) is 5.91 Å². The first kappa shape index (κ1) is 19.6. The normalized spacial score (nSPS) is 15.9. The molecule has 144 valence electrons. The zero-order valence-electron chi connectivity index (χ0n) is 15.6. The molecule has 0 aromatic heterocycles. The molecule has 1 saturated heterocycles. The Morgan fingerprint density at radius 3 is 2.41 bits per heavy atom. The zero-order chi connectivity index (χ0) is 19.3. The molecule has 0 saturated carbocycles. The summed E-state index contributed by atoms with van der Waals surface area (Å²) < 4.78 is 27.4. The third-order valence-electron chi connectivity index (χ3n) is 4.83. The lowest BCUT2D eigenvalue weighted by Gasteiger charge is -2.20. The number of benzene rings is 2. The van der Waals surface area contributed by atoms with Crippen LogP contribution in [0.4, 0.5) is 0 Å². The monoisotopic (exact) mass is 386 g/mol. The van der Waals surface area contributed by atoms with Crippen LogP contribution in [0, 0.1) is 6.92 Å². The van der Waals surface area contributed by atoms with Gasteiger partial charge in [0, 0.05) is 25.2 Å². The summed E-state index contributed by atoms with van der Waals surface area (Å²) in [5.41, 5.74) is 2.50. The van der Waals surface area contributed by atoms with E-state index in [0.717, 1.165) is 36.8 Å². The van der Waals surface area contributed by atoms with Crippen LogP contribution in [0.15, 0.2) is 53.4 Å². The molecule has 1 heterocycles. The van der Waals surface area contributed by atoms with Crippen molar-refractivity contribution in [3.63, 3.8) is 0 Å². The Balaban J connectivity index is 1.73. The Labute approximate surface area is 161 Å². The van der Waals surface area contributed by atoms with Crippen molar-refractivity contribution >= 4 is 15.9 Å². The van der Waals surface area contributed by atoms with Crippen molar-refractivity contribution in [2.75, 3.05) is 13.1 Å². The lowest BCUT2D eigenvalue weighted by atomic mass is 10.1. The third-order valence-corrected chi connectivity index (χ3v) is 6.73. The van der Waals surface area contributed by atoms with Gasteiger partial charge in [-0.1, -0.05) is 48.7 Å². The second-order valence-corrected chi connectivity index (χ2v) is 8.96. The van der Waals surface area contributed by atoms with Gasteiger partial charge in [0.15, 0.2) is 0 Å². The highest BCUT2D eigenvalue weighted by atomic mass is 32.2. The summed E-state index contributed by atoms with van der Waals surface area (Å²) in [7, 11) is -3.56. The highest BCUT2D eigenvalue weighted by molar-refractivity contribution is 7.89. The minimum Gasteiger partial charge on any atom is -0.348 e. The topological polar surface area (TPSA) is 66.5 Å². The molecule has 5 nitrogen and oxygen atoms in total. The summed E-state index contributed by atoms with van der Waals surface area (Å²) in [5.74, 6) is -0.274. The fraction of sp³-hybridized carbons (Fsp3) is 0.381. The van der Waals surface area contributed by atoms with Crippen molar-refractivity contribution in [1.29, 1.82) is 0 Å². The molecule has 0 unspecified atom stereocenters. The molecule has 0 aliphatic carbocycles. The Bertz CT molecular complexity index is 901. The third kappa shape index (κ3) is 4.96. The number of amides is 1. The van der Waals surface area contributed by atoms with E-state index in [4.69, 9.17) is 0 Å². The first-order valence-electron chi connectivity index (χ1n) is 9.41. The van der Waals surface area contributed by atoms with Crippen LogP contribution in [0.5, 0.6) is 0 Å². The van der Waals surface area contributed by atoms with Crippen LogP contribution in [-0.4, -0.2) is 31.7 Å². The van der Waals surface area contributed by atoms with E-state index in [1.54, 1.807) is 22.5 Å². The largest absolute Gasteiger partial charge is 0.348 e. The molecule has 1 amide bonds. The molecule has 1 aliphatic heterocycles. The van der Waals surface area contributed by atoms with Crippen molar-refractivity contribution in [2.45, 2.75) is 44.0 Å². The van der Waals surface area contributed by atoms with E-state index in [0.29, 0.717) is 25.2 Å². The van der Waals surface area contributed by atoms with Crippen LogP contribution < -0.4 is 5.32 Å². The summed E-state index contributed by atoms with van der Waals surface area (Å²) in [6, 6.07) is 14.2. The van der Waals surface area contributed by atoms with E-state index in [1.807, 2.05) is 31.2 Å². The second-order valence-electron chi connectivity index (χ2n) is 7.02. The average Bonchev–Trinajstić information content (AvgIpc) is 2.96. The van der Waals surface area contributed by atoms with Crippen LogP contribution in [-0.2, 0) is 16.6 Å². The summed E-state index contributed by atoms with van der Waals surface area (Å²) in [6.45, 7) is 3.50. The second kappa shape index (κ2) is 8.67. The van der Waals surface area contributed by atoms with Gasteiger partial charge in [-0.2, -0.15) is 4.31 Å². The highest BCUT2D eigenvalue weighted by Crippen LogP contribution is 2.21. The van der Waals surface area contributed by atoms with Gasteiger partial charge in [0.2, 0.25) is 10.0 Å². The molecule has 0 bridgehead atoms. The van der Waals surface area contributed by atoms with E-state index >= 15 is 0 Å². The number of rotatable bonds is 5. The van der Waals surface area contributed by atoms with Gasteiger partial charge >= 0.3 is 0 Å². The maximum Gasteiger partial charge on any atom is 0.251 e. The van der Waals surface area contributed by atoms with Crippen molar-refractivity contribution in [1.82, 2.24) is 9.62 Å². The molecule has 0 atom stereocenters. The minimum atomic E-state index is -3.56. The molecule has 1 N–H and O–H groups in total. The molecule has 6 heteroatoms. The average molecular weight is 387 g/mol. The summed E-state index contributed by atoms with van der Waals surface area (Å²) >= 11 is 0. The number of aryl methyl sites for hydroxylation is 1. The molecular weight excluding hydrogens is 360 g/mol. The number of hydrogen-bond acceptors (Lipinski definition) is 3. The molecule has 0 radical (unpaired) electrons. The van der Waals surface area contributed by atoms with Crippen molar-refractivity contribution in [2.24, 2.45) is 0 Å². The van der Waals surface area contributed by atoms with Gasteiger partial charge in [-0.25, -0.2) is 8.42 Å². The fourth-order valence-electron chi connectivity index (χ4n) is 3.34. The first-order valence-corrected chi connectivity index (χ1v) is 10.8. The van der Waals surface area contributed by atoms with Gasteiger partial charge in [0.1, 0.15) is 0 Å². The minimum absolute atomic E-state index is 0.188. The van der Waals surface area contributed by atoms with E-state index < -0.39 is 10.0 Å². The van der Waals surface area contributed by atoms with E-state index in [-0.39, 0.29) is 10.8 Å². The van der Waals surface area contributed by atoms with Crippen molar-refractivity contribution in [3.8, 4) is 0 Å². The molecule has 3 rings (SSSR count). The zero-order valence-corrected chi connectivity index (χ0v) is 16.5. The molecule has 27 heavy (non-hydrogen) atoms. The van der Waals surface area contributed by atoms with Crippen molar-refractivity contribution in [3.05, 3.63) is 65.2 Å². The predicted molar refractivity (Wildman–Crippen MR) is 106 cm³/mol. The fourth-order valence-corrected chi connectivity index (χ4v) is 4.90. The van der Waals surface area contributed by atoms with Crippen molar-refractivity contribution < 1.29 is 13.2 Å². The Hall–Kier alpha value is -2.18. The first-order chi connectivity index (χ1) is 13.0. The maximum atomic E-state index is 12.9. The Morgan fingerprint density at radius 2 is 1.70 bits per heavy atom. The standard InChI is InChI=1S/C21H26N2O3S/c1-17-8-6-9-18(14-17)16-22-21(24)19-10-7-11-20(15-19)27(25,26)23-12-4-2-3-5-13-23/h6-11,14-15H,2-5,12-13,16H2,1H3,(H,22,24). The number of hydrogen-bond donors (Lipinski definition) is 1. The quantitative estimate of drug-likeness (QED) is 0.855. The van der Waals surface area contributed by atoms with Crippen LogP contribution in [0.25, 0.3) is 0 Å². The summed E-state index contributed by atoms with van der Waals surface area (Å²) in [4.78, 5) is 12.7. The van der Waals surface area contributed by atoms with E-state index in [1.165, 1.54) is 6.07 Å². The van der Waals surface area contributed by atoms with Gasteiger partial charge < -0.3 is 5.32 Å². The van der Waals surface area contributed by atoms with Gasteiger partial charge in [0.05, 0.1) is 4.90 Å². The van der Waals surface area contributed by atoms with Gasteiger partial charge in [-0.15, -0.1) is 0 Å². The van der Waals surface area contributed by atoms with Gasteiger partial charge in [-0.3, -0.25) is 4.79 Å². The number of nitrogens with zero attached hydrogens (tertiary/aromatic N) is 1. The molecule has 0 spiro atoms. The summed E-state index contributed by atoms with van der Waals surface area (Å²) in [5, 5.41) is 2.86. The Morgan fingerprint density at radius 1 is 1.00 bits per heavy atom. The van der Waals surface area contributed by atoms with Crippen LogP contribution in [0.1, 0.15) is 47.2 Å². The number of carbonyl (C=O) groups excluding carboxylic acids is 1. The van der Waals surface area contributed by atoms with Crippen LogP contribution >= 0.6 is 0 Å². The smallest absolute Gasteiger partial charge is 0.251 e. The number of carbonyl (C=O) groups is 1. The van der Waals surface area contributed by atoms with E-state index in [9.17, 15) is 13.2 Å². The lowest BCUT2D eigenvalue weighted by molar-refractivity contribution is 0.0950. The SMILES string of the molecule is Cc1cccc(CNC(=O)c2cccc(S(=O)(=O)N3CCCCCC3)c2)c1. The van der Waals surface area contributed by atoms with Crippen LogP contribution in [0.2, 0.25) is 0 Å². The molecular formula is C21H26N2O3S. The molecule has 1 aliphatic rings. The van der Waals surface area contributed by atoms with E-state index in [2.05, 4.69) is 5.32 Å². The number of sulfonamides is 1. The highest BCUT2D eigenvalue weighted by Gasteiger charge is 2.25. The maximum absolute atomic E-state index is 12.9. The molecule has 2 aromatic rings. The van der Waals surface area contributed by atoms with Gasteiger partial charge in [-0.05, 0) is 43.5 Å². The molecule has 1 fully saturated rings. The molecule has 2 aromatic carbocycles. The number of nitrogens with one attached hydrogen (secondary N) is 1. The lowest BCUT2D eigenvalue weighted by Crippen LogP contribution is -2.32. The Kier molecular flexibility index (Phi) is 6.29. The van der Waals surface area contributed by atoms with Crippen LogP contribution in [0.3, 0.4) is 0 Å². The summed E-state index contributed by atoms with van der Waals surface area (Å²) in [6.07, 6.45) is 3.90. The predicted octanol–water partition coefficient (Wildman–Crippen LogP) is 3.49.